The van der Waals surface area contributed by atoms with Crippen molar-refractivity contribution >= 4 is 39.0 Å². The molecule has 1 aromatic carbocycles. The molecule has 26 heavy (non-hydrogen) atoms. The fourth-order valence-electron chi connectivity index (χ4n) is 2.58. The Hall–Kier alpha value is -1.80. The van der Waals surface area contributed by atoms with Crippen LogP contribution in [0, 0.1) is 0 Å². The number of ether oxygens (including phenoxy) is 1. The van der Waals surface area contributed by atoms with E-state index < -0.39 is 10.1 Å². The maximum absolute atomic E-state index is 11.0. The predicted molar refractivity (Wildman–Crippen MR) is 102 cm³/mol. The Morgan fingerprint density at radius 2 is 2.00 bits per heavy atom. The summed E-state index contributed by atoms with van der Waals surface area (Å²) in [5.74, 6) is 0.608. The molecule has 0 bridgehead atoms. The van der Waals surface area contributed by atoms with Gasteiger partial charge in [0.1, 0.15) is 11.4 Å². The maximum Gasteiger partial charge on any atom is 0.264 e. The Bertz CT molecular complexity index is 1060. The molecule has 6 nitrogen and oxygen atoms in total. The number of methoxy groups -OCH3 is 1. The van der Waals surface area contributed by atoms with Gasteiger partial charge in [0.05, 0.1) is 35.7 Å². The summed E-state index contributed by atoms with van der Waals surface area (Å²) in [6, 6.07) is 7.18. The summed E-state index contributed by atoms with van der Waals surface area (Å²) in [6.45, 7) is 0.0452. The van der Waals surface area contributed by atoms with Crippen molar-refractivity contribution in [3.63, 3.8) is 0 Å². The first kappa shape index (κ1) is 19.0. The second-order valence-corrected chi connectivity index (χ2v) is 8.06. The molecule has 0 aliphatic carbocycles. The zero-order valence-electron chi connectivity index (χ0n) is 14.1. The van der Waals surface area contributed by atoms with Gasteiger partial charge in [0, 0.05) is 24.4 Å². The summed E-state index contributed by atoms with van der Waals surface area (Å²) in [5, 5.41) is 0.841. The minimum atomic E-state index is -3.46. The standard InChI is InChI=1S/C17H16Cl2N2O4S/c1-24-14-4-3-13(18)17(19)16(14)11-5-7-21-10-12(20-15(21)9-11)6-8-25-26(2,22)23/h3-5,7,9-10H,6,8H2,1-2H3. The minimum absolute atomic E-state index is 0.0452. The van der Waals surface area contributed by atoms with Crippen molar-refractivity contribution in [1.29, 1.82) is 0 Å². The zero-order valence-corrected chi connectivity index (χ0v) is 16.4. The summed E-state index contributed by atoms with van der Waals surface area (Å²) in [4.78, 5) is 4.50. The van der Waals surface area contributed by atoms with Gasteiger partial charge in [0.15, 0.2) is 0 Å². The summed E-state index contributed by atoms with van der Waals surface area (Å²) in [6.07, 6.45) is 5.06. The number of benzene rings is 1. The number of hydrogen-bond acceptors (Lipinski definition) is 5. The Kier molecular flexibility index (Phi) is 5.43. The second-order valence-electron chi connectivity index (χ2n) is 5.63. The van der Waals surface area contributed by atoms with Crippen LogP contribution in [0.1, 0.15) is 5.69 Å². The minimum Gasteiger partial charge on any atom is -0.496 e. The van der Waals surface area contributed by atoms with Gasteiger partial charge in [-0.3, -0.25) is 4.18 Å². The van der Waals surface area contributed by atoms with Crippen molar-refractivity contribution in [3.05, 3.63) is 52.4 Å². The molecule has 138 valence electrons. The number of pyridine rings is 1. The topological polar surface area (TPSA) is 69.9 Å². The monoisotopic (exact) mass is 414 g/mol. The molecule has 0 amide bonds. The van der Waals surface area contributed by atoms with Crippen LogP contribution in [0.2, 0.25) is 10.0 Å². The Balaban J connectivity index is 1.94. The molecular weight excluding hydrogens is 399 g/mol. The van der Waals surface area contributed by atoms with E-state index in [1.165, 1.54) is 0 Å². The highest BCUT2D eigenvalue weighted by Gasteiger charge is 2.15. The smallest absolute Gasteiger partial charge is 0.264 e. The third-order valence-corrected chi connectivity index (χ3v) is 5.13. The van der Waals surface area contributed by atoms with Crippen LogP contribution < -0.4 is 4.74 Å². The van der Waals surface area contributed by atoms with Gasteiger partial charge in [-0.25, -0.2) is 4.98 Å². The van der Waals surface area contributed by atoms with Crippen molar-refractivity contribution in [3.8, 4) is 16.9 Å². The van der Waals surface area contributed by atoms with Crippen LogP contribution in [0.15, 0.2) is 36.7 Å². The number of halogens is 2. The van der Waals surface area contributed by atoms with Gasteiger partial charge in [-0.05, 0) is 29.8 Å². The van der Waals surface area contributed by atoms with E-state index in [1.54, 1.807) is 19.2 Å². The normalized spacial score (nSPS) is 11.8. The first-order valence-corrected chi connectivity index (χ1v) is 10.2. The first-order chi connectivity index (χ1) is 12.3. The summed E-state index contributed by atoms with van der Waals surface area (Å²) in [7, 11) is -1.89. The van der Waals surface area contributed by atoms with Crippen LogP contribution >= 0.6 is 23.2 Å². The number of fused-ring (bicyclic) bond motifs is 1. The Morgan fingerprint density at radius 3 is 2.69 bits per heavy atom. The summed E-state index contributed by atoms with van der Waals surface area (Å²) in [5.41, 5.74) is 2.91. The number of rotatable bonds is 6. The molecule has 0 aliphatic rings. The number of nitrogens with zero attached hydrogens (tertiary/aromatic N) is 2. The van der Waals surface area contributed by atoms with E-state index in [1.807, 2.05) is 28.9 Å². The molecule has 2 heterocycles. The van der Waals surface area contributed by atoms with E-state index in [0.717, 1.165) is 17.5 Å². The molecular formula is C17H16Cl2N2O4S. The lowest BCUT2D eigenvalue weighted by Crippen LogP contribution is -2.06. The van der Waals surface area contributed by atoms with Gasteiger partial charge in [0.25, 0.3) is 10.1 Å². The van der Waals surface area contributed by atoms with Crippen molar-refractivity contribution in [2.45, 2.75) is 6.42 Å². The summed E-state index contributed by atoms with van der Waals surface area (Å²) < 4.78 is 34.1. The van der Waals surface area contributed by atoms with E-state index in [2.05, 4.69) is 4.98 Å². The lowest BCUT2D eigenvalue weighted by Gasteiger charge is -2.12. The van der Waals surface area contributed by atoms with Crippen molar-refractivity contribution in [2.24, 2.45) is 0 Å². The average molecular weight is 415 g/mol. The van der Waals surface area contributed by atoms with Crippen LogP contribution in [0.25, 0.3) is 16.8 Å². The Labute approximate surface area is 161 Å². The third-order valence-electron chi connectivity index (χ3n) is 3.73. The highest BCUT2D eigenvalue weighted by Crippen LogP contribution is 2.40. The fourth-order valence-corrected chi connectivity index (χ4v) is 3.39. The zero-order chi connectivity index (χ0) is 18.9. The van der Waals surface area contributed by atoms with E-state index in [0.29, 0.717) is 33.4 Å². The Morgan fingerprint density at radius 1 is 1.23 bits per heavy atom. The van der Waals surface area contributed by atoms with E-state index in [4.69, 9.17) is 32.1 Å². The van der Waals surface area contributed by atoms with Gasteiger partial charge in [-0.15, -0.1) is 0 Å². The average Bonchev–Trinajstić information content (AvgIpc) is 2.97. The van der Waals surface area contributed by atoms with Crippen molar-refractivity contribution in [1.82, 2.24) is 9.38 Å². The van der Waals surface area contributed by atoms with Crippen molar-refractivity contribution < 1.29 is 17.3 Å². The molecule has 0 spiro atoms. The molecule has 0 saturated carbocycles. The number of hydrogen-bond donors (Lipinski definition) is 0. The molecule has 0 unspecified atom stereocenters. The lowest BCUT2D eigenvalue weighted by atomic mass is 10.1. The molecule has 2 aromatic heterocycles. The SMILES string of the molecule is COc1ccc(Cl)c(Cl)c1-c1ccn2cc(CCOS(C)(=O)=O)nc2c1. The van der Waals surface area contributed by atoms with E-state index in [9.17, 15) is 8.42 Å². The highest BCUT2D eigenvalue weighted by molar-refractivity contribution is 7.85. The number of aromatic nitrogens is 2. The van der Waals surface area contributed by atoms with Crippen LogP contribution in [-0.2, 0) is 20.7 Å². The van der Waals surface area contributed by atoms with Crippen LogP contribution in [0.3, 0.4) is 0 Å². The molecule has 0 saturated heterocycles. The molecule has 0 aliphatic heterocycles. The predicted octanol–water partition coefficient (Wildman–Crippen LogP) is 3.84. The van der Waals surface area contributed by atoms with Gasteiger partial charge < -0.3 is 9.14 Å². The summed E-state index contributed by atoms with van der Waals surface area (Å²) >= 11 is 12.5. The third kappa shape index (κ3) is 4.12. The first-order valence-electron chi connectivity index (χ1n) is 7.63. The second kappa shape index (κ2) is 7.44. The van der Waals surface area contributed by atoms with Gasteiger partial charge in [0.2, 0.25) is 0 Å². The highest BCUT2D eigenvalue weighted by atomic mass is 35.5. The quantitative estimate of drug-likeness (QED) is 0.573. The molecule has 3 aromatic rings. The van der Waals surface area contributed by atoms with Crippen molar-refractivity contribution in [2.75, 3.05) is 20.0 Å². The number of imidazole rings is 1. The fraction of sp³-hybridized carbons (Fsp3) is 0.235. The lowest BCUT2D eigenvalue weighted by molar-refractivity contribution is 0.325. The molecule has 0 atom stereocenters. The van der Waals surface area contributed by atoms with Gasteiger partial charge in [-0.1, -0.05) is 23.2 Å². The molecule has 0 fully saturated rings. The van der Waals surface area contributed by atoms with Gasteiger partial charge >= 0.3 is 0 Å². The molecule has 3 rings (SSSR count). The van der Waals surface area contributed by atoms with E-state index >= 15 is 0 Å². The molecule has 0 N–H and O–H groups in total. The van der Waals surface area contributed by atoms with Crippen LogP contribution in [0.4, 0.5) is 0 Å². The van der Waals surface area contributed by atoms with Gasteiger partial charge in [-0.2, -0.15) is 8.42 Å². The van der Waals surface area contributed by atoms with E-state index in [-0.39, 0.29) is 6.61 Å². The van der Waals surface area contributed by atoms with Crippen LogP contribution in [0.5, 0.6) is 5.75 Å². The van der Waals surface area contributed by atoms with Crippen LogP contribution in [-0.4, -0.2) is 37.8 Å². The maximum atomic E-state index is 11.0. The molecule has 9 heteroatoms. The molecule has 0 radical (unpaired) electrons. The largest absolute Gasteiger partial charge is 0.496 e.